The Morgan fingerprint density at radius 1 is 1.50 bits per heavy atom. The molecule has 0 unspecified atom stereocenters. The summed E-state index contributed by atoms with van der Waals surface area (Å²) in [7, 11) is 1.31. The number of carbonyl (C=O) groups is 2. The molecule has 4 heteroatoms. The van der Waals surface area contributed by atoms with Crippen LogP contribution in [0.3, 0.4) is 0 Å². The molecule has 0 aromatic carbocycles. The maximum absolute atomic E-state index is 11.0. The number of aromatic amines is 1. The smallest absolute Gasteiger partial charge is 0.354 e. The second kappa shape index (κ2) is 4.41. The third-order valence-corrected chi connectivity index (χ3v) is 1.62. The summed E-state index contributed by atoms with van der Waals surface area (Å²) in [5, 5.41) is 0. The summed E-state index contributed by atoms with van der Waals surface area (Å²) in [4.78, 5) is 24.4. The normalized spacial score (nSPS) is 10.4. The summed E-state index contributed by atoms with van der Waals surface area (Å²) in [6.45, 7) is 1.46. The van der Waals surface area contributed by atoms with Gasteiger partial charge in [-0.1, -0.05) is 0 Å². The Morgan fingerprint density at radius 3 is 2.79 bits per heavy atom. The number of aromatic nitrogens is 1. The minimum absolute atomic E-state index is 0.0363. The number of ketones is 1. The number of allylic oxidation sites excluding steroid dienone is 1. The van der Waals surface area contributed by atoms with Gasteiger partial charge in [0.1, 0.15) is 5.69 Å². The van der Waals surface area contributed by atoms with Crippen LogP contribution in [0.4, 0.5) is 0 Å². The Balaban J connectivity index is 2.78. The van der Waals surface area contributed by atoms with Gasteiger partial charge in [-0.2, -0.15) is 0 Å². The summed E-state index contributed by atoms with van der Waals surface area (Å²) in [5.41, 5.74) is 1.14. The van der Waals surface area contributed by atoms with Gasteiger partial charge in [-0.25, -0.2) is 4.79 Å². The zero-order valence-electron chi connectivity index (χ0n) is 8.03. The second-order valence-corrected chi connectivity index (χ2v) is 2.78. The maximum atomic E-state index is 11.0. The number of methoxy groups -OCH3 is 1. The lowest BCUT2D eigenvalue weighted by atomic mass is 10.2. The molecule has 0 aliphatic carbocycles. The minimum Gasteiger partial charge on any atom is -0.464 e. The van der Waals surface area contributed by atoms with Gasteiger partial charge in [0.2, 0.25) is 0 Å². The summed E-state index contributed by atoms with van der Waals surface area (Å²) in [6, 6.07) is 1.62. The molecule has 0 atom stereocenters. The molecule has 0 spiro atoms. The molecule has 4 nitrogen and oxygen atoms in total. The maximum Gasteiger partial charge on any atom is 0.354 e. The van der Waals surface area contributed by atoms with Crippen molar-refractivity contribution in [2.75, 3.05) is 7.11 Å². The van der Waals surface area contributed by atoms with Crippen molar-refractivity contribution in [1.82, 2.24) is 4.98 Å². The number of nitrogens with one attached hydrogen (secondary N) is 1. The van der Waals surface area contributed by atoms with Crippen LogP contribution in [0.25, 0.3) is 6.08 Å². The van der Waals surface area contributed by atoms with Crippen LogP contribution in [0.5, 0.6) is 0 Å². The van der Waals surface area contributed by atoms with Gasteiger partial charge in [0.05, 0.1) is 7.11 Å². The number of H-pyrrole nitrogens is 1. The fourth-order valence-electron chi connectivity index (χ4n) is 0.949. The van der Waals surface area contributed by atoms with Gasteiger partial charge in [0.15, 0.2) is 5.78 Å². The fourth-order valence-corrected chi connectivity index (χ4v) is 0.949. The number of carbonyl (C=O) groups excluding carboxylic acids is 2. The topological polar surface area (TPSA) is 59.2 Å². The predicted molar refractivity (Wildman–Crippen MR) is 51.8 cm³/mol. The Hall–Kier alpha value is -1.84. The highest BCUT2D eigenvalue weighted by molar-refractivity contribution is 5.92. The minimum atomic E-state index is -0.424. The van der Waals surface area contributed by atoms with Crippen LogP contribution in [0, 0.1) is 0 Å². The van der Waals surface area contributed by atoms with Crippen molar-refractivity contribution in [1.29, 1.82) is 0 Å². The van der Waals surface area contributed by atoms with Crippen molar-refractivity contribution in [2.45, 2.75) is 6.92 Å². The first-order chi connectivity index (χ1) is 6.63. The van der Waals surface area contributed by atoms with Crippen molar-refractivity contribution in [3.8, 4) is 0 Å². The van der Waals surface area contributed by atoms with E-state index in [1.807, 2.05) is 0 Å². The van der Waals surface area contributed by atoms with Crippen molar-refractivity contribution in [3.05, 3.63) is 29.6 Å². The third-order valence-electron chi connectivity index (χ3n) is 1.62. The first-order valence-corrected chi connectivity index (χ1v) is 4.09. The zero-order chi connectivity index (χ0) is 10.6. The first kappa shape index (κ1) is 10.2. The fraction of sp³-hybridized carbons (Fsp3) is 0.200. The van der Waals surface area contributed by atoms with E-state index in [4.69, 9.17) is 0 Å². The molecule has 1 heterocycles. The van der Waals surface area contributed by atoms with Crippen LogP contribution in [0.15, 0.2) is 18.3 Å². The standard InChI is InChI=1S/C10H11NO3/c1-7(12)3-4-8-5-9(11-6-8)10(13)14-2/h3-6,11H,1-2H3. The second-order valence-electron chi connectivity index (χ2n) is 2.78. The number of ether oxygens (including phenoxy) is 1. The van der Waals surface area contributed by atoms with E-state index in [9.17, 15) is 9.59 Å². The van der Waals surface area contributed by atoms with Gasteiger partial charge in [-0.15, -0.1) is 0 Å². The molecule has 0 amide bonds. The van der Waals surface area contributed by atoms with E-state index in [0.717, 1.165) is 5.56 Å². The van der Waals surface area contributed by atoms with Crippen LogP contribution in [0.1, 0.15) is 23.0 Å². The summed E-state index contributed by atoms with van der Waals surface area (Å²) in [5.74, 6) is -0.460. The number of hydrogen-bond acceptors (Lipinski definition) is 3. The average molecular weight is 193 g/mol. The van der Waals surface area contributed by atoms with Crippen molar-refractivity contribution in [3.63, 3.8) is 0 Å². The van der Waals surface area contributed by atoms with Crippen LogP contribution < -0.4 is 0 Å². The molecule has 74 valence electrons. The molecular formula is C10H11NO3. The van der Waals surface area contributed by atoms with E-state index in [1.165, 1.54) is 20.1 Å². The molecule has 1 aromatic rings. The molecule has 0 bridgehead atoms. The Morgan fingerprint density at radius 2 is 2.21 bits per heavy atom. The van der Waals surface area contributed by atoms with E-state index in [0.29, 0.717) is 5.69 Å². The van der Waals surface area contributed by atoms with Gasteiger partial charge >= 0.3 is 5.97 Å². The molecule has 0 aliphatic heterocycles. The highest BCUT2D eigenvalue weighted by atomic mass is 16.5. The number of rotatable bonds is 3. The van der Waals surface area contributed by atoms with Gasteiger partial charge < -0.3 is 9.72 Å². The van der Waals surface area contributed by atoms with Gasteiger partial charge in [-0.3, -0.25) is 4.79 Å². The van der Waals surface area contributed by atoms with Crippen molar-refractivity contribution < 1.29 is 14.3 Å². The molecule has 0 aliphatic rings. The largest absolute Gasteiger partial charge is 0.464 e. The zero-order valence-corrected chi connectivity index (χ0v) is 8.03. The molecule has 0 saturated carbocycles. The Bertz CT molecular complexity index is 376. The molecule has 0 radical (unpaired) electrons. The quantitative estimate of drug-likeness (QED) is 0.583. The Kier molecular flexibility index (Phi) is 3.23. The molecule has 0 saturated heterocycles. The highest BCUT2D eigenvalue weighted by Crippen LogP contribution is 2.06. The third kappa shape index (κ3) is 2.58. The van der Waals surface area contributed by atoms with Crippen molar-refractivity contribution in [2.24, 2.45) is 0 Å². The van der Waals surface area contributed by atoms with E-state index < -0.39 is 5.97 Å². The summed E-state index contributed by atoms with van der Waals surface area (Å²) in [6.07, 6.45) is 4.70. The molecule has 14 heavy (non-hydrogen) atoms. The molecular weight excluding hydrogens is 182 g/mol. The van der Waals surface area contributed by atoms with E-state index in [-0.39, 0.29) is 5.78 Å². The van der Waals surface area contributed by atoms with Gasteiger partial charge in [0.25, 0.3) is 0 Å². The lowest BCUT2D eigenvalue weighted by Crippen LogP contribution is -2.00. The van der Waals surface area contributed by atoms with Crippen molar-refractivity contribution >= 4 is 17.8 Å². The van der Waals surface area contributed by atoms with E-state index in [2.05, 4.69) is 9.72 Å². The molecule has 1 N–H and O–H groups in total. The first-order valence-electron chi connectivity index (χ1n) is 4.09. The van der Waals surface area contributed by atoms with Crippen LogP contribution in [-0.4, -0.2) is 23.8 Å². The summed E-state index contributed by atoms with van der Waals surface area (Å²) < 4.78 is 4.51. The molecule has 1 rings (SSSR count). The molecule has 1 aromatic heterocycles. The van der Waals surface area contributed by atoms with Crippen LogP contribution in [0.2, 0.25) is 0 Å². The number of hydrogen-bond donors (Lipinski definition) is 1. The Labute approximate surface area is 81.6 Å². The molecule has 0 fully saturated rings. The predicted octanol–water partition coefficient (Wildman–Crippen LogP) is 1.40. The van der Waals surface area contributed by atoms with E-state index in [1.54, 1.807) is 18.3 Å². The SMILES string of the molecule is COC(=O)c1cc(C=CC(C)=O)c[nH]1. The van der Waals surface area contributed by atoms with Crippen LogP contribution in [-0.2, 0) is 9.53 Å². The van der Waals surface area contributed by atoms with E-state index >= 15 is 0 Å². The monoisotopic (exact) mass is 193 g/mol. The lowest BCUT2D eigenvalue weighted by Gasteiger charge is -1.91. The lowest BCUT2D eigenvalue weighted by molar-refractivity contribution is -0.112. The van der Waals surface area contributed by atoms with Crippen LogP contribution >= 0.6 is 0 Å². The van der Waals surface area contributed by atoms with Gasteiger partial charge in [-0.05, 0) is 30.7 Å². The summed E-state index contributed by atoms with van der Waals surface area (Å²) >= 11 is 0. The highest BCUT2D eigenvalue weighted by Gasteiger charge is 2.06. The van der Waals surface area contributed by atoms with Gasteiger partial charge in [0, 0.05) is 6.20 Å². The average Bonchev–Trinajstić information content (AvgIpc) is 2.62. The number of esters is 1.